The van der Waals surface area contributed by atoms with E-state index in [4.69, 9.17) is 0 Å². The first-order valence-electron chi connectivity index (χ1n) is 2.71. The second-order valence-corrected chi connectivity index (χ2v) is 1.38. The van der Waals surface area contributed by atoms with Crippen molar-refractivity contribution in [3.63, 3.8) is 0 Å². The molecule has 0 saturated heterocycles. The van der Waals surface area contributed by atoms with Crippen LogP contribution in [0.5, 0.6) is 0 Å². The van der Waals surface area contributed by atoms with E-state index in [0.717, 1.165) is 0 Å². The van der Waals surface area contributed by atoms with E-state index >= 15 is 0 Å². The number of rotatable bonds is 4. The van der Waals surface area contributed by atoms with E-state index in [2.05, 4.69) is 14.5 Å². The van der Waals surface area contributed by atoms with Crippen LogP contribution in [0.15, 0.2) is 12.2 Å². The molecule has 0 rings (SSSR count). The van der Waals surface area contributed by atoms with Crippen molar-refractivity contribution in [2.24, 2.45) is 0 Å². The highest BCUT2D eigenvalue weighted by Gasteiger charge is 1.88. The molecule has 0 aromatic carbocycles. The first kappa shape index (κ1) is 9.13. The number of methoxy groups -OCH3 is 1. The minimum atomic E-state index is -0.403. The van der Waals surface area contributed by atoms with Gasteiger partial charge in [0.25, 0.3) is 0 Å². The van der Waals surface area contributed by atoms with Gasteiger partial charge in [-0.3, -0.25) is 0 Å². The average molecular weight is 146 g/mol. The summed E-state index contributed by atoms with van der Waals surface area (Å²) in [5.74, 6) is -0.403. The van der Waals surface area contributed by atoms with Crippen LogP contribution in [0.4, 0.5) is 0 Å². The van der Waals surface area contributed by atoms with Crippen LogP contribution in [0, 0.1) is 0 Å². The number of esters is 1. The summed E-state index contributed by atoms with van der Waals surface area (Å²) in [6, 6.07) is 0. The highest BCUT2D eigenvalue weighted by atomic mass is 17.2. The van der Waals surface area contributed by atoms with Gasteiger partial charge in [0.05, 0.1) is 14.2 Å². The molecule has 0 aliphatic rings. The molecule has 0 amide bonds. The van der Waals surface area contributed by atoms with Crippen LogP contribution in [0.2, 0.25) is 0 Å². The minimum absolute atomic E-state index is 0.242. The van der Waals surface area contributed by atoms with Gasteiger partial charge in [-0.25, -0.2) is 14.6 Å². The van der Waals surface area contributed by atoms with Crippen LogP contribution < -0.4 is 0 Å². The molecule has 0 aliphatic carbocycles. The molecule has 0 radical (unpaired) electrons. The lowest BCUT2D eigenvalue weighted by molar-refractivity contribution is -0.263. The molecular formula is C6H10O4. The Kier molecular flexibility index (Phi) is 5.71. The van der Waals surface area contributed by atoms with Crippen molar-refractivity contribution >= 4 is 5.97 Å². The molecule has 0 bridgehead atoms. The maximum absolute atomic E-state index is 10.4. The van der Waals surface area contributed by atoms with Gasteiger partial charge in [0.15, 0.2) is 0 Å². The first-order valence-corrected chi connectivity index (χ1v) is 2.71. The predicted molar refractivity (Wildman–Crippen MR) is 34.1 cm³/mol. The van der Waals surface area contributed by atoms with Crippen molar-refractivity contribution in [2.45, 2.75) is 0 Å². The summed E-state index contributed by atoms with van der Waals surface area (Å²) in [4.78, 5) is 19.1. The average Bonchev–Trinajstić information content (AvgIpc) is 1.98. The molecule has 0 N–H and O–H groups in total. The van der Waals surface area contributed by atoms with Crippen molar-refractivity contribution in [1.29, 1.82) is 0 Å². The standard InChI is InChI=1S/C6H10O4/c1-8-6(7)4-3-5-10-9-2/h3-4H,5H2,1-2H3. The molecule has 0 atom stereocenters. The molecule has 4 heteroatoms. The molecule has 0 unspecified atom stereocenters. The highest BCUT2D eigenvalue weighted by Crippen LogP contribution is 1.79. The number of hydrogen-bond acceptors (Lipinski definition) is 4. The largest absolute Gasteiger partial charge is 0.466 e. The quantitative estimate of drug-likeness (QED) is 0.188. The zero-order valence-electron chi connectivity index (χ0n) is 5.99. The molecule has 4 nitrogen and oxygen atoms in total. The Hall–Kier alpha value is -0.870. The van der Waals surface area contributed by atoms with E-state index in [-0.39, 0.29) is 6.61 Å². The monoisotopic (exact) mass is 146 g/mol. The first-order chi connectivity index (χ1) is 4.81. The Morgan fingerprint density at radius 2 is 2.20 bits per heavy atom. The van der Waals surface area contributed by atoms with Gasteiger partial charge in [-0.05, 0) is 6.08 Å². The Morgan fingerprint density at radius 1 is 1.50 bits per heavy atom. The highest BCUT2D eigenvalue weighted by molar-refractivity contribution is 5.81. The van der Waals surface area contributed by atoms with Crippen molar-refractivity contribution in [3.05, 3.63) is 12.2 Å². The fourth-order valence-electron chi connectivity index (χ4n) is 0.320. The van der Waals surface area contributed by atoms with Crippen LogP contribution in [-0.2, 0) is 19.3 Å². The molecule has 0 heterocycles. The normalized spacial score (nSPS) is 10.2. The zero-order chi connectivity index (χ0) is 7.82. The lowest BCUT2D eigenvalue weighted by atomic mass is 10.5. The predicted octanol–water partition coefficient (Wildman–Crippen LogP) is 0.294. The van der Waals surface area contributed by atoms with E-state index in [9.17, 15) is 4.79 Å². The lowest BCUT2D eigenvalue weighted by Crippen LogP contribution is -1.95. The van der Waals surface area contributed by atoms with Crippen LogP contribution in [0.1, 0.15) is 0 Å². The molecular weight excluding hydrogens is 136 g/mol. The van der Waals surface area contributed by atoms with E-state index in [0.29, 0.717) is 0 Å². The smallest absolute Gasteiger partial charge is 0.330 e. The maximum Gasteiger partial charge on any atom is 0.330 e. The number of ether oxygens (including phenoxy) is 1. The van der Waals surface area contributed by atoms with Gasteiger partial charge in [-0.2, -0.15) is 0 Å². The molecule has 0 spiro atoms. The molecule has 0 fully saturated rings. The van der Waals surface area contributed by atoms with Gasteiger partial charge >= 0.3 is 5.97 Å². The summed E-state index contributed by atoms with van der Waals surface area (Å²) in [7, 11) is 2.70. The molecule has 0 saturated carbocycles. The second kappa shape index (κ2) is 6.25. The Labute approximate surface area is 59.3 Å². The topological polar surface area (TPSA) is 44.8 Å². The summed E-state index contributed by atoms with van der Waals surface area (Å²) in [6.07, 6.45) is 2.76. The van der Waals surface area contributed by atoms with Crippen molar-refractivity contribution in [2.75, 3.05) is 20.8 Å². The van der Waals surface area contributed by atoms with Gasteiger partial charge < -0.3 is 4.74 Å². The summed E-state index contributed by atoms with van der Waals surface area (Å²) in [6.45, 7) is 0.242. The molecule has 0 aliphatic heterocycles. The van der Waals surface area contributed by atoms with E-state index in [1.54, 1.807) is 0 Å². The van der Waals surface area contributed by atoms with Gasteiger partial charge in [-0.1, -0.05) is 0 Å². The fraction of sp³-hybridized carbons (Fsp3) is 0.500. The van der Waals surface area contributed by atoms with Crippen molar-refractivity contribution < 1.29 is 19.3 Å². The van der Waals surface area contributed by atoms with Gasteiger partial charge in [0.1, 0.15) is 6.61 Å². The van der Waals surface area contributed by atoms with Crippen LogP contribution in [0.3, 0.4) is 0 Å². The molecule has 10 heavy (non-hydrogen) atoms. The third-order valence-electron chi connectivity index (χ3n) is 0.737. The number of carbonyl (C=O) groups is 1. The van der Waals surface area contributed by atoms with Crippen molar-refractivity contribution in [3.8, 4) is 0 Å². The number of carbonyl (C=O) groups excluding carboxylic acids is 1. The van der Waals surface area contributed by atoms with E-state index in [1.165, 1.54) is 26.4 Å². The summed E-state index contributed by atoms with van der Waals surface area (Å²) in [5.41, 5.74) is 0. The summed E-state index contributed by atoms with van der Waals surface area (Å²) < 4.78 is 4.31. The van der Waals surface area contributed by atoms with Crippen LogP contribution in [-0.4, -0.2) is 26.8 Å². The molecule has 0 aromatic rings. The minimum Gasteiger partial charge on any atom is -0.466 e. The second-order valence-electron chi connectivity index (χ2n) is 1.38. The van der Waals surface area contributed by atoms with Gasteiger partial charge in [0.2, 0.25) is 0 Å². The van der Waals surface area contributed by atoms with Crippen LogP contribution in [0.25, 0.3) is 0 Å². The fourth-order valence-corrected chi connectivity index (χ4v) is 0.320. The van der Waals surface area contributed by atoms with E-state index < -0.39 is 5.97 Å². The third-order valence-corrected chi connectivity index (χ3v) is 0.737. The Bertz CT molecular complexity index is 119. The Morgan fingerprint density at radius 3 is 2.70 bits per heavy atom. The Balaban J connectivity index is 3.27. The van der Waals surface area contributed by atoms with Gasteiger partial charge in [-0.15, -0.1) is 0 Å². The maximum atomic E-state index is 10.4. The summed E-state index contributed by atoms with van der Waals surface area (Å²) >= 11 is 0. The summed E-state index contributed by atoms with van der Waals surface area (Å²) in [5, 5.41) is 0. The van der Waals surface area contributed by atoms with E-state index in [1.807, 2.05) is 0 Å². The van der Waals surface area contributed by atoms with Gasteiger partial charge in [0, 0.05) is 6.08 Å². The molecule has 58 valence electrons. The lowest BCUT2D eigenvalue weighted by Gasteiger charge is -1.91. The SMILES string of the molecule is COOCC=CC(=O)OC. The van der Waals surface area contributed by atoms with Crippen LogP contribution >= 0.6 is 0 Å². The molecule has 0 aromatic heterocycles. The number of hydrogen-bond donors (Lipinski definition) is 0. The third kappa shape index (κ3) is 5.27. The van der Waals surface area contributed by atoms with Crippen molar-refractivity contribution in [1.82, 2.24) is 0 Å². The zero-order valence-corrected chi connectivity index (χ0v) is 5.99.